The Labute approximate surface area is 107 Å². The fraction of sp³-hybridized carbons (Fsp3) is 0.154. The number of aliphatic carboxylic acids is 1. The fourth-order valence-electron chi connectivity index (χ4n) is 1.82. The molecule has 102 valence electrons. The monoisotopic (exact) mass is 271 g/mol. The third-order valence-corrected chi connectivity index (χ3v) is 2.70. The minimum atomic E-state index is -2.99. The molecular formula is C13H12F3NO2. The van der Waals surface area contributed by atoms with Crippen LogP contribution in [-0.2, 0) is 4.79 Å². The summed E-state index contributed by atoms with van der Waals surface area (Å²) in [5, 5.41) is 9.84. The van der Waals surface area contributed by atoms with E-state index in [1.54, 1.807) is 0 Å². The molecule has 0 fully saturated rings. The molecule has 1 atom stereocenters. The number of carboxylic acids is 1. The first-order valence-electron chi connectivity index (χ1n) is 5.19. The predicted octanol–water partition coefficient (Wildman–Crippen LogP) is 3.57. The van der Waals surface area contributed by atoms with Crippen molar-refractivity contribution in [1.29, 1.82) is 0 Å². The van der Waals surface area contributed by atoms with E-state index in [9.17, 15) is 18.0 Å². The van der Waals surface area contributed by atoms with Gasteiger partial charge in [0.1, 0.15) is 11.7 Å². The summed E-state index contributed by atoms with van der Waals surface area (Å²) in [6, 6.07) is 7.96. The number of hydrogen-bond acceptors (Lipinski definition) is 2. The average Bonchev–Trinajstić information content (AvgIpc) is 2.28. The van der Waals surface area contributed by atoms with E-state index >= 15 is 0 Å². The number of benzene rings is 2. The Morgan fingerprint density at radius 1 is 1.05 bits per heavy atom. The van der Waals surface area contributed by atoms with Crippen molar-refractivity contribution < 1.29 is 23.1 Å². The van der Waals surface area contributed by atoms with Crippen LogP contribution < -0.4 is 6.15 Å². The molecule has 0 aliphatic rings. The number of alkyl halides is 2. The van der Waals surface area contributed by atoms with Gasteiger partial charge in [-0.1, -0.05) is 24.3 Å². The molecule has 3 nitrogen and oxygen atoms in total. The van der Waals surface area contributed by atoms with Crippen molar-refractivity contribution in [3.05, 3.63) is 47.8 Å². The summed E-state index contributed by atoms with van der Waals surface area (Å²) in [7, 11) is 0. The number of halogens is 3. The zero-order valence-corrected chi connectivity index (χ0v) is 9.82. The molecule has 0 saturated heterocycles. The molecule has 4 N–H and O–H groups in total. The Kier molecular flexibility index (Phi) is 4.50. The summed E-state index contributed by atoms with van der Waals surface area (Å²) < 4.78 is 38.3. The highest BCUT2D eigenvalue weighted by Crippen LogP contribution is 2.27. The van der Waals surface area contributed by atoms with Crippen LogP contribution in [0.3, 0.4) is 0 Å². The maximum absolute atomic E-state index is 12.9. The van der Waals surface area contributed by atoms with Crippen molar-refractivity contribution in [1.82, 2.24) is 6.15 Å². The highest BCUT2D eigenvalue weighted by molar-refractivity contribution is 5.85. The van der Waals surface area contributed by atoms with E-state index in [1.165, 1.54) is 36.4 Å². The van der Waals surface area contributed by atoms with E-state index in [2.05, 4.69) is 0 Å². The number of fused-ring (bicyclic) bond motifs is 1. The highest BCUT2D eigenvalue weighted by atomic mass is 19.3. The average molecular weight is 271 g/mol. The maximum Gasteiger partial charge on any atom is 0.316 e. The lowest BCUT2D eigenvalue weighted by atomic mass is 9.96. The van der Waals surface area contributed by atoms with Gasteiger partial charge in [-0.3, -0.25) is 4.79 Å². The summed E-state index contributed by atoms with van der Waals surface area (Å²) in [5.41, 5.74) is 0.0107. The van der Waals surface area contributed by atoms with Crippen LogP contribution in [0.1, 0.15) is 11.5 Å². The topological polar surface area (TPSA) is 72.3 Å². The zero-order chi connectivity index (χ0) is 13.3. The first kappa shape index (κ1) is 15.0. The van der Waals surface area contributed by atoms with Crippen LogP contribution in [0.25, 0.3) is 10.8 Å². The van der Waals surface area contributed by atoms with Crippen LogP contribution >= 0.6 is 0 Å². The molecule has 0 spiro atoms. The summed E-state index contributed by atoms with van der Waals surface area (Å²) in [6.07, 6.45) is -2.99. The second-order valence-corrected chi connectivity index (χ2v) is 3.90. The van der Waals surface area contributed by atoms with Gasteiger partial charge in [-0.25, -0.2) is 13.2 Å². The second kappa shape index (κ2) is 5.71. The van der Waals surface area contributed by atoms with Crippen molar-refractivity contribution in [2.45, 2.75) is 12.3 Å². The molecule has 2 aromatic carbocycles. The van der Waals surface area contributed by atoms with E-state index in [4.69, 9.17) is 5.11 Å². The van der Waals surface area contributed by atoms with Crippen LogP contribution in [0.15, 0.2) is 36.4 Å². The molecule has 0 aliphatic heterocycles. The molecule has 0 heterocycles. The fourth-order valence-corrected chi connectivity index (χ4v) is 1.82. The highest BCUT2D eigenvalue weighted by Gasteiger charge is 2.29. The Balaban J connectivity index is 0.00000180. The van der Waals surface area contributed by atoms with Crippen molar-refractivity contribution in [2.24, 2.45) is 0 Å². The van der Waals surface area contributed by atoms with Crippen LogP contribution in [-0.4, -0.2) is 17.5 Å². The van der Waals surface area contributed by atoms with Gasteiger partial charge in [-0.05, 0) is 28.5 Å². The lowest BCUT2D eigenvalue weighted by Gasteiger charge is -2.12. The van der Waals surface area contributed by atoms with Crippen LogP contribution in [0.2, 0.25) is 0 Å². The normalized spacial score (nSPS) is 12.2. The summed E-state index contributed by atoms with van der Waals surface area (Å²) in [4.78, 5) is 10.8. The van der Waals surface area contributed by atoms with E-state index in [-0.39, 0.29) is 11.7 Å². The molecule has 2 rings (SSSR count). The first-order valence-corrected chi connectivity index (χ1v) is 5.19. The van der Waals surface area contributed by atoms with Gasteiger partial charge in [-0.2, -0.15) is 0 Å². The molecule has 2 aromatic rings. The summed E-state index contributed by atoms with van der Waals surface area (Å²) in [6.45, 7) is 0. The van der Waals surface area contributed by atoms with Gasteiger partial charge in [0.25, 0.3) is 6.43 Å². The molecule has 0 amide bonds. The molecule has 0 saturated carbocycles. The van der Waals surface area contributed by atoms with Gasteiger partial charge in [0.05, 0.1) is 0 Å². The molecule has 0 aliphatic carbocycles. The second-order valence-electron chi connectivity index (χ2n) is 3.90. The molecule has 0 bridgehead atoms. The van der Waals surface area contributed by atoms with Gasteiger partial charge in [0.15, 0.2) is 0 Å². The van der Waals surface area contributed by atoms with Crippen molar-refractivity contribution >= 4 is 16.7 Å². The van der Waals surface area contributed by atoms with Crippen LogP contribution in [0.4, 0.5) is 13.2 Å². The third kappa shape index (κ3) is 3.03. The van der Waals surface area contributed by atoms with Gasteiger partial charge in [0.2, 0.25) is 0 Å². The minimum Gasteiger partial charge on any atom is -0.481 e. The Hall–Kier alpha value is -2.08. The Morgan fingerprint density at radius 2 is 1.63 bits per heavy atom. The first-order chi connectivity index (χ1) is 8.49. The largest absolute Gasteiger partial charge is 0.481 e. The molecule has 1 unspecified atom stereocenters. The minimum absolute atomic E-state index is 0. The van der Waals surface area contributed by atoms with E-state index in [1.807, 2.05) is 0 Å². The SMILES string of the molecule is N.O=C(O)C(c1ccc2cc(F)ccc2c1)C(F)F. The summed E-state index contributed by atoms with van der Waals surface area (Å²) in [5.74, 6) is -3.87. The molecule has 0 aromatic heterocycles. The number of rotatable bonds is 3. The van der Waals surface area contributed by atoms with Crippen molar-refractivity contribution in [3.8, 4) is 0 Å². The Morgan fingerprint density at radius 3 is 2.21 bits per heavy atom. The van der Waals surface area contributed by atoms with Gasteiger partial charge < -0.3 is 11.3 Å². The summed E-state index contributed by atoms with van der Waals surface area (Å²) >= 11 is 0. The van der Waals surface area contributed by atoms with Crippen molar-refractivity contribution in [2.75, 3.05) is 0 Å². The van der Waals surface area contributed by atoms with Crippen LogP contribution in [0, 0.1) is 5.82 Å². The van der Waals surface area contributed by atoms with E-state index in [0.29, 0.717) is 10.8 Å². The molecule has 0 radical (unpaired) electrons. The van der Waals surface area contributed by atoms with Gasteiger partial charge in [0, 0.05) is 0 Å². The lowest BCUT2D eigenvalue weighted by Crippen LogP contribution is -2.19. The standard InChI is InChI=1S/C13H9F3O2.H3N/c14-10-4-3-7-5-9(2-1-8(7)6-10)11(12(15)16)13(17)18;/h1-6,11-12H,(H,17,18);1H3. The lowest BCUT2D eigenvalue weighted by molar-refractivity contribution is -0.142. The number of carbonyl (C=O) groups is 1. The van der Waals surface area contributed by atoms with Gasteiger partial charge in [-0.15, -0.1) is 0 Å². The molecule has 6 heteroatoms. The molecule has 19 heavy (non-hydrogen) atoms. The Bertz CT molecular complexity index is 601. The van der Waals surface area contributed by atoms with Gasteiger partial charge >= 0.3 is 5.97 Å². The van der Waals surface area contributed by atoms with Crippen LogP contribution in [0.5, 0.6) is 0 Å². The van der Waals surface area contributed by atoms with E-state index in [0.717, 1.165) is 0 Å². The number of carboxylic acid groups (broad SMARTS) is 1. The maximum atomic E-state index is 12.9. The smallest absolute Gasteiger partial charge is 0.316 e. The predicted molar refractivity (Wildman–Crippen MR) is 65.3 cm³/mol. The quantitative estimate of drug-likeness (QED) is 0.896. The third-order valence-electron chi connectivity index (χ3n) is 2.70. The zero-order valence-electron chi connectivity index (χ0n) is 9.82. The molecular weight excluding hydrogens is 259 g/mol. The van der Waals surface area contributed by atoms with Crippen molar-refractivity contribution in [3.63, 3.8) is 0 Å². The number of hydrogen-bond donors (Lipinski definition) is 2. The van der Waals surface area contributed by atoms with E-state index < -0.39 is 24.1 Å².